The number of methoxy groups -OCH3 is 1. The molecule has 0 unspecified atom stereocenters. The van der Waals surface area contributed by atoms with E-state index >= 15 is 0 Å². The summed E-state index contributed by atoms with van der Waals surface area (Å²) in [7, 11) is 1.56. The molecule has 0 spiro atoms. The Balaban J connectivity index is 2.05. The molecule has 0 radical (unpaired) electrons. The summed E-state index contributed by atoms with van der Waals surface area (Å²) >= 11 is 0. The van der Waals surface area contributed by atoms with Gasteiger partial charge in [0.25, 0.3) is 0 Å². The molecule has 24 heavy (non-hydrogen) atoms. The number of aromatic hydroxyl groups is 1. The van der Waals surface area contributed by atoms with Crippen molar-refractivity contribution in [2.24, 2.45) is 5.92 Å². The highest BCUT2D eigenvalue weighted by Crippen LogP contribution is 2.45. The lowest BCUT2D eigenvalue weighted by Crippen LogP contribution is -2.47. The molecule has 0 amide bonds. The number of hydrogen-bond donors (Lipinski definition) is 2. The average Bonchev–Trinajstić information content (AvgIpc) is 2.65. The number of hydrogen-bond acceptors (Lipinski definition) is 5. The van der Waals surface area contributed by atoms with Crippen LogP contribution in [0.4, 0.5) is 0 Å². The minimum Gasteiger partial charge on any atom is -0.504 e. The predicted molar refractivity (Wildman–Crippen MR) is 93.1 cm³/mol. The Morgan fingerprint density at radius 2 is 1.96 bits per heavy atom. The predicted octanol–water partition coefficient (Wildman–Crippen LogP) is 2.80. The van der Waals surface area contributed by atoms with E-state index in [0.717, 1.165) is 44.6 Å². The summed E-state index contributed by atoms with van der Waals surface area (Å²) in [4.78, 5) is 2.45. The lowest BCUT2D eigenvalue weighted by Gasteiger charge is -2.41. The Morgan fingerprint density at radius 1 is 1.25 bits per heavy atom. The summed E-state index contributed by atoms with van der Waals surface area (Å²) in [5.74, 6) is 1.09. The van der Waals surface area contributed by atoms with Gasteiger partial charge in [0.2, 0.25) is 0 Å². The number of rotatable bonds is 4. The largest absolute Gasteiger partial charge is 0.504 e. The van der Waals surface area contributed by atoms with Gasteiger partial charge in [-0.25, -0.2) is 0 Å². The molecule has 3 rings (SSSR count). The maximum Gasteiger partial charge on any atom is 0.163 e. The molecule has 130 valence electrons. The van der Waals surface area contributed by atoms with Crippen molar-refractivity contribution in [3.8, 4) is 17.6 Å². The molecule has 1 aliphatic carbocycles. The van der Waals surface area contributed by atoms with Crippen LogP contribution in [-0.4, -0.2) is 43.3 Å². The fraction of sp³-hybridized carbons (Fsp3) is 0.632. The molecule has 1 atom stereocenters. The molecule has 1 aliphatic heterocycles. The number of ether oxygens (including phenoxy) is 1. The highest BCUT2D eigenvalue weighted by molar-refractivity contribution is 5.55. The number of phenols is 1. The van der Waals surface area contributed by atoms with Crippen molar-refractivity contribution in [1.82, 2.24) is 10.2 Å². The number of benzene rings is 1. The van der Waals surface area contributed by atoms with Crippen LogP contribution in [0.3, 0.4) is 0 Å². The zero-order valence-electron chi connectivity index (χ0n) is 14.4. The second kappa shape index (κ2) is 7.87. The second-order valence-electron chi connectivity index (χ2n) is 6.82. The topological polar surface area (TPSA) is 68.5 Å². The molecule has 5 heteroatoms. The van der Waals surface area contributed by atoms with Gasteiger partial charge in [-0.2, -0.15) is 5.26 Å². The van der Waals surface area contributed by atoms with Crippen LogP contribution in [0.2, 0.25) is 0 Å². The minimum absolute atomic E-state index is 0.0946. The molecule has 0 aromatic heterocycles. The Bertz CT molecular complexity index is 581. The Hall–Kier alpha value is -1.77. The van der Waals surface area contributed by atoms with Crippen LogP contribution in [0.15, 0.2) is 12.1 Å². The molecule has 1 saturated heterocycles. The summed E-state index contributed by atoms with van der Waals surface area (Å²) in [5.41, 5.74) is 1.34. The SMILES string of the molecule is COc1ccc(C#N)c([C@H](C2CCCCC2)N2CCNCC2)c1O. The first-order chi connectivity index (χ1) is 11.8. The normalized spacial score (nSPS) is 21.2. The molecule has 1 heterocycles. The van der Waals surface area contributed by atoms with E-state index in [1.165, 1.54) is 19.3 Å². The van der Waals surface area contributed by atoms with Crippen molar-refractivity contribution in [2.75, 3.05) is 33.3 Å². The molecular weight excluding hydrogens is 302 g/mol. The quantitative estimate of drug-likeness (QED) is 0.889. The summed E-state index contributed by atoms with van der Waals surface area (Å²) in [6.07, 6.45) is 6.09. The van der Waals surface area contributed by atoms with E-state index in [2.05, 4.69) is 16.3 Å². The van der Waals surface area contributed by atoms with Gasteiger partial charge in [-0.15, -0.1) is 0 Å². The Labute approximate surface area is 144 Å². The Morgan fingerprint density at radius 3 is 2.58 bits per heavy atom. The number of nitrogens with one attached hydrogen (secondary N) is 1. The van der Waals surface area contributed by atoms with E-state index in [0.29, 0.717) is 17.2 Å². The van der Waals surface area contributed by atoms with Crippen molar-refractivity contribution in [2.45, 2.75) is 38.1 Å². The van der Waals surface area contributed by atoms with Gasteiger partial charge in [-0.05, 0) is 30.9 Å². The van der Waals surface area contributed by atoms with Crippen LogP contribution in [0.25, 0.3) is 0 Å². The van der Waals surface area contributed by atoms with Gasteiger partial charge in [-0.3, -0.25) is 4.90 Å². The maximum atomic E-state index is 10.8. The molecule has 2 N–H and O–H groups in total. The third-order valence-corrected chi connectivity index (χ3v) is 5.46. The number of phenolic OH excluding ortho intramolecular Hbond substituents is 1. The number of nitrogens with zero attached hydrogens (tertiary/aromatic N) is 2. The summed E-state index contributed by atoms with van der Waals surface area (Å²) in [5, 5.41) is 23.8. The molecule has 2 aliphatic rings. The Kier molecular flexibility index (Phi) is 5.60. The van der Waals surface area contributed by atoms with Gasteiger partial charge in [0.15, 0.2) is 11.5 Å². The van der Waals surface area contributed by atoms with Gasteiger partial charge >= 0.3 is 0 Å². The molecule has 0 bridgehead atoms. The van der Waals surface area contributed by atoms with Crippen molar-refractivity contribution in [1.29, 1.82) is 5.26 Å². The van der Waals surface area contributed by atoms with Crippen molar-refractivity contribution >= 4 is 0 Å². The fourth-order valence-corrected chi connectivity index (χ4v) is 4.28. The third kappa shape index (κ3) is 3.35. The molecule has 5 nitrogen and oxygen atoms in total. The standard InChI is InChI=1S/C19H27N3O2/c1-24-16-8-7-15(13-20)17(19(16)23)18(14-5-3-2-4-6-14)22-11-9-21-10-12-22/h7-8,14,18,21,23H,2-6,9-12H2,1H3/t18-/m0/s1. The van der Waals surface area contributed by atoms with E-state index in [1.807, 2.05) is 0 Å². The lowest BCUT2D eigenvalue weighted by molar-refractivity contribution is 0.101. The molecular formula is C19H27N3O2. The van der Waals surface area contributed by atoms with Gasteiger partial charge < -0.3 is 15.2 Å². The smallest absolute Gasteiger partial charge is 0.163 e. The first-order valence-electron chi connectivity index (χ1n) is 9.01. The van der Waals surface area contributed by atoms with Crippen LogP contribution in [0, 0.1) is 17.2 Å². The van der Waals surface area contributed by atoms with E-state index in [9.17, 15) is 10.4 Å². The first-order valence-corrected chi connectivity index (χ1v) is 9.01. The average molecular weight is 329 g/mol. The molecule has 1 aromatic rings. The van der Waals surface area contributed by atoms with Crippen LogP contribution >= 0.6 is 0 Å². The zero-order chi connectivity index (χ0) is 16.9. The van der Waals surface area contributed by atoms with E-state index in [4.69, 9.17) is 4.74 Å². The minimum atomic E-state index is 0.0946. The van der Waals surface area contributed by atoms with Crippen molar-refractivity contribution in [3.05, 3.63) is 23.3 Å². The zero-order valence-corrected chi connectivity index (χ0v) is 14.4. The van der Waals surface area contributed by atoms with Gasteiger partial charge in [0.1, 0.15) is 0 Å². The lowest BCUT2D eigenvalue weighted by atomic mass is 9.78. The van der Waals surface area contributed by atoms with Crippen LogP contribution in [0.5, 0.6) is 11.5 Å². The third-order valence-electron chi connectivity index (χ3n) is 5.46. The van der Waals surface area contributed by atoms with Crippen molar-refractivity contribution in [3.63, 3.8) is 0 Å². The van der Waals surface area contributed by atoms with Gasteiger partial charge in [-0.1, -0.05) is 19.3 Å². The van der Waals surface area contributed by atoms with E-state index in [1.54, 1.807) is 19.2 Å². The fourth-order valence-electron chi connectivity index (χ4n) is 4.28. The monoisotopic (exact) mass is 329 g/mol. The highest BCUT2D eigenvalue weighted by atomic mass is 16.5. The summed E-state index contributed by atoms with van der Waals surface area (Å²) in [6.45, 7) is 3.80. The van der Waals surface area contributed by atoms with E-state index < -0.39 is 0 Å². The van der Waals surface area contributed by atoms with Crippen molar-refractivity contribution < 1.29 is 9.84 Å². The first kappa shape index (κ1) is 17.1. The van der Waals surface area contributed by atoms with E-state index in [-0.39, 0.29) is 11.8 Å². The maximum absolute atomic E-state index is 10.8. The van der Waals surface area contributed by atoms with Crippen LogP contribution in [0.1, 0.15) is 49.3 Å². The molecule has 1 saturated carbocycles. The molecule has 1 aromatic carbocycles. The van der Waals surface area contributed by atoms with Crippen LogP contribution in [-0.2, 0) is 0 Å². The van der Waals surface area contributed by atoms with Gasteiger partial charge in [0.05, 0.1) is 18.7 Å². The number of piperazine rings is 1. The summed E-state index contributed by atoms with van der Waals surface area (Å²) < 4.78 is 5.32. The highest BCUT2D eigenvalue weighted by Gasteiger charge is 2.35. The van der Waals surface area contributed by atoms with Gasteiger partial charge in [0, 0.05) is 37.8 Å². The molecule has 2 fully saturated rings. The van der Waals surface area contributed by atoms with Crippen LogP contribution < -0.4 is 10.1 Å². The second-order valence-corrected chi connectivity index (χ2v) is 6.82. The number of nitriles is 1. The summed E-state index contributed by atoms with van der Waals surface area (Å²) in [6, 6.07) is 5.85.